The monoisotopic (exact) mass is 562 g/mol. The van der Waals surface area contributed by atoms with Crippen molar-refractivity contribution in [1.29, 1.82) is 0 Å². The Morgan fingerprint density at radius 1 is 0.917 bits per heavy atom. The standard InChI is InChI=1S/C28H29Cl3N2O2S/c1-2-14-32-28(35)26(15-20-8-4-3-5-9-20)33(17-21-10-6-7-11-24(21)30)27(34)19-36-18-22-12-13-23(29)16-25(22)31/h3-13,16,26H,2,14-15,17-19H2,1H3,(H,32,35)/t26-/m1/s1. The van der Waals surface area contributed by atoms with Gasteiger partial charge in [0.25, 0.3) is 0 Å². The summed E-state index contributed by atoms with van der Waals surface area (Å²) in [6.45, 7) is 2.78. The molecule has 0 fully saturated rings. The molecule has 2 amide bonds. The van der Waals surface area contributed by atoms with Crippen molar-refractivity contribution < 1.29 is 9.59 Å². The Morgan fingerprint density at radius 2 is 1.64 bits per heavy atom. The third-order valence-electron chi connectivity index (χ3n) is 5.62. The first kappa shape index (κ1) is 28.4. The number of nitrogens with zero attached hydrogens (tertiary/aromatic N) is 1. The minimum atomic E-state index is -0.678. The molecule has 36 heavy (non-hydrogen) atoms. The second kappa shape index (κ2) is 14.5. The van der Waals surface area contributed by atoms with E-state index in [0.29, 0.717) is 33.8 Å². The molecule has 0 radical (unpaired) electrons. The lowest BCUT2D eigenvalue weighted by Gasteiger charge is -2.32. The van der Waals surface area contributed by atoms with Crippen LogP contribution in [-0.4, -0.2) is 35.1 Å². The average Bonchev–Trinajstić information content (AvgIpc) is 2.87. The number of thioether (sulfide) groups is 1. The summed E-state index contributed by atoms with van der Waals surface area (Å²) in [5, 5.41) is 4.67. The fourth-order valence-electron chi connectivity index (χ4n) is 3.70. The van der Waals surface area contributed by atoms with E-state index in [-0.39, 0.29) is 24.1 Å². The van der Waals surface area contributed by atoms with E-state index in [2.05, 4.69) is 5.32 Å². The second-order valence-electron chi connectivity index (χ2n) is 8.34. The summed E-state index contributed by atoms with van der Waals surface area (Å²) in [7, 11) is 0. The first-order valence-electron chi connectivity index (χ1n) is 11.7. The molecular formula is C28H29Cl3N2O2S. The van der Waals surface area contributed by atoms with Crippen LogP contribution in [0.15, 0.2) is 72.8 Å². The molecule has 0 heterocycles. The summed E-state index contributed by atoms with van der Waals surface area (Å²) in [6, 6.07) is 21.8. The number of carbonyl (C=O) groups excluding carboxylic acids is 2. The zero-order chi connectivity index (χ0) is 25.9. The molecule has 3 aromatic rings. The second-order valence-corrected chi connectivity index (χ2v) is 10.6. The Hall–Kier alpha value is -2.18. The Kier molecular flexibility index (Phi) is 11.5. The van der Waals surface area contributed by atoms with Gasteiger partial charge >= 0.3 is 0 Å². The number of rotatable bonds is 12. The predicted molar refractivity (Wildman–Crippen MR) is 152 cm³/mol. The number of benzene rings is 3. The molecule has 0 saturated carbocycles. The highest BCUT2D eigenvalue weighted by atomic mass is 35.5. The molecule has 3 aromatic carbocycles. The molecule has 8 heteroatoms. The lowest BCUT2D eigenvalue weighted by atomic mass is 10.0. The molecule has 0 aromatic heterocycles. The van der Waals surface area contributed by atoms with E-state index in [0.717, 1.165) is 23.1 Å². The van der Waals surface area contributed by atoms with Crippen molar-refractivity contribution in [1.82, 2.24) is 10.2 Å². The van der Waals surface area contributed by atoms with E-state index in [1.165, 1.54) is 11.8 Å². The molecule has 1 atom stereocenters. The van der Waals surface area contributed by atoms with Gasteiger partial charge in [-0.2, -0.15) is 0 Å². The van der Waals surface area contributed by atoms with Gasteiger partial charge < -0.3 is 10.2 Å². The molecule has 0 aliphatic rings. The Morgan fingerprint density at radius 3 is 2.33 bits per heavy atom. The van der Waals surface area contributed by atoms with E-state index >= 15 is 0 Å². The molecule has 0 spiro atoms. The molecule has 190 valence electrons. The summed E-state index contributed by atoms with van der Waals surface area (Å²) in [4.78, 5) is 28.6. The molecule has 0 aliphatic heterocycles. The van der Waals surface area contributed by atoms with E-state index in [9.17, 15) is 9.59 Å². The van der Waals surface area contributed by atoms with Crippen LogP contribution in [0.25, 0.3) is 0 Å². The van der Waals surface area contributed by atoms with Crippen LogP contribution < -0.4 is 5.32 Å². The van der Waals surface area contributed by atoms with Crippen molar-refractivity contribution in [3.05, 3.63) is 105 Å². The van der Waals surface area contributed by atoms with Crippen molar-refractivity contribution in [2.45, 2.75) is 38.1 Å². The quantitative estimate of drug-likeness (QED) is 0.257. The van der Waals surface area contributed by atoms with Crippen LogP contribution in [0.4, 0.5) is 0 Å². The maximum Gasteiger partial charge on any atom is 0.243 e. The number of nitrogens with one attached hydrogen (secondary N) is 1. The molecule has 0 saturated heterocycles. The average molecular weight is 564 g/mol. The topological polar surface area (TPSA) is 49.4 Å². The van der Waals surface area contributed by atoms with Gasteiger partial charge in [-0.05, 0) is 41.3 Å². The third-order valence-corrected chi connectivity index (χ3v) is 7.54. The maximum absolute atomic E-state index is 13.6. The van der Waals surface area contributed by atoms with E-state index in [4.69, 9.17) is 34.8 Å². The lowest BCUT2D eigenvalue weighted by molar-refractivity contribution is -0.139. The summed E-state index contributed by atoms with van der Waals surface area (Å²) in [6.07, 6.45) is 1.21. The van der Waals surface area contributed by atoms with Crippen LogP contribution in [0.2, 0.25) is 15.1 Å². The van der Waals surface area contributed by atoms with Gasteiger partial charge in [-0.15, -0.1) is 11.8 Å². The van der Waals surface area contributed by atoms with Crippen molar-refractivity contribution in [3.63, 3.8) is 0 Å². The SMILES string of the molecule is CCCNC(=O)[C@@H](Cc1ccccc1)N(Cc1ccccc1Cl)C(=O)CSCc1ccc(Cl)cc1Cl. The zero-order valence-electron chi connectivity index (χ0n) is 20.1. The van der Waals surface area contributed by atoms with Gasteiger partial charge in [-0.1, -0.05) is 96.3 Å². The largest absolute Gasteiger partial charge is 0.354 e. The molecule has 0 unspecified atom stereocenters. The third kappa shape index (κ3) is 8.45. The van der Waals surface area contributed by atoms with Crippen LogP contribution in [0, 0.1) is 0 Å². The number of carbonyl (C=O) groups is 2. The molecule has 4 nitrogen and oxygen atoms in total. The van der Waals surface area contributed by atoms with E-state index in [1.807, 2.05) is 61.5 Å². The van der Waals surface area contributed by atoms with Crippen LogP contribution in [-0.2, 0) is 28.3 Å². The van der Waals surface area contributed by atoms with Crippen LogP contribution in [0.1, 0.15) is 30.0 Å². The van der Waals surface area contributed by atoms with Gasteiger partial charge in [-0.3, -0.25) is 9.59 Å². The van der Waals surface area contributed by atoms with Gasteiger partial charge in [0.05, 0.1) is 5.75 Å². The number of amides is 2. The number of hydrogen-bond acceptors (Lipinski definition) is 3. The highest BCUT2D eigenvalue weighted by molar-refractivity contribution is 7.99. The Bertz CT molecular complexity index is 1160. The molecule has 0 bridgehead atoms. The van der Waals surface area contributed by atoms with Crippen molar-refractivity contribution >= 4 is 58.4 Å². The van der Waals surface area contributed by atoms with E-state index < -0.39 is 6.04 Å². The normalized spacial score (nSPS) is 11.7. The van der Waals surface area contributed by atoms with Crippen molar-refractivity contribution in [2.75, 3.05) is 12.3 Å². The van der Waals surface area contributed by atoms with Gasteiger partial charge in [0, 0.05) is 40.3 Å². The molecule has 3 rings (SSSR count). The lowest BCUT2D eigenvalue weighted by Crippen LogP contribution is -2.51. The van der Waals surface area contributed by atoms with E-state index in [1.54, 1.807) is 23.1 Å². The predicted octanol–water partition coefficient (Wildman–Crippen LogP) is 7.05. The summed E-state index contributed by atoms with van der Waals surface area (Å²) >= 11 is 20.2. The van der Waals surface area contributed by atoms with Crippen molar-refractivity contribution in [3.8, 4) is 0 Å². The first-order valence-corrected chi connectivity index (χ1v) is 14.0. The number of halogens is 3. The van der Waals surface area contributed by atoms with Crippen LogP contribution in [0.5, 0.6) is 0 Å². The Labute approximate surface area is 232 Å². The molecular weight excluding hydrogens is 535 g/mol. The van der Waals surface area contributed by atoms with Gasteiger partial charge in [0.1, 0.15) is 6.04 Å². The summed E-state index contributed by atoms with van der Waals surface area (Å²) < 4.78 is 0. The van der Waals surface area contributed by atoms with Gasteiger partial charge in [0.2, 0.25) is 11.8 Å². The number of hydrogen-bond donors (Lipinski definition) is 1. The highest BCUT2D eigenvalue weighted by Gasteiger charge is 2.30. The highest BCUT2D eigenvalue weighted by Crippen LogP contribution is 2.26. The Balaban J connectivity index is 1.84. The molecule has 0 aliphatic carbocycles. The van der Waals surface area contributed by atoms with Crippen LogP contribution >= 0.6 is 46.6 Å². The van der Waals surface area contributed by atoms with Crippen molar-refractivity contribution in [2.24, 2.45) is 0 Å². The van der Waals surface area contributed by atoms with Gasteiger partial charge in [-0.25, -0.2) is 0 Å². The zero-order valence-corrected chi connectivity index (χ0v) is 23.1. The smallest absolute Gasteiger partial charge is 0.243 e. The summed E-state index contributed by atoms with van der Waals surface area (Å²) in [5.74, 6) is 0.424. The minimum Gasteiger partial charge on any atom is -0.354 e. The van der Waals surface area contributed by atoms with Crippen LogP contribution in [0.3, 0.4) is 0 Å². The maximum atomic E-state index is 13.6. The van der Waals surface area contributed by atoms with Gasteiger partial charge in [0.15, 0.2) is 0 Å². The minimum absolute atomic E-state index is 0.141. The fourth-order valence-corrected chi connectivity index (χ4v) is 5.36. The fraction of sp³-hybridized carbons (Fsp3) is 0.286. The molecule has 1 N–H and O–H groups in total. The summed E-state index contributed by atoms with van der Waals surface area (Å²) in [5.41, 5.74) is 2.67. The first-order chi connectivity index (χ1) is 17.4.